The van der Waals surface area contributed by atoms with E-state index in [0.717, 1.165) is 46.3 Å². The van der Waals surface area contributed by atoms with Crippen molar-refractivity contribution < 1.29 is 4.79 Å². The molecule has 3 aromatic rings. The molecule has 0 unspecified atom stereocenters. The second-order valence-corrected chi connectivity index (χ2v) is 7.97. The van der Waals surface area contributed by atoms with Crippen LogP contribution in [-0.2, 0) is 11.3 Å². The molecule has 25 heavy (non-hydrogen) atoms. The fourth-order valence-corrected chi connectivity index (χ4v) is 4.66. The minimum Gasteiger partial charge on any atom is -0.352 e. The molecule has 7 nitrogen and oxygen atoms in total. The molecule has 1 N–H and O–H groups in total. The van der Waals surface area contributed by atoms with Crippen molar-refractivity contribution in [3.05, 3.63) is 26.7 Å². The van der Waals surface area contributed by atoms with Gasteiger partial charge in [0, 0.05) is 10.9 Å². The molecule has 0 spiro atoms. The van der Waals surface area contributed by atoms with Gasteiger partial charge in [0.2, 0.25) is 5.91 Å². The summed E-state index contributed by atoms with van der Waals surface area (Å²) in [5.74, 6) is 0.439. The predicted molar refractivity (Wildman–Crippen MR) is 97.2 cm³/mol. The predicted octanol–water partition coefficient (Wildman–Crippen LogP) is 2.09. The van der Waals surface area contributed by atoms with E-state index < -0.39 is 0 Å². The molecule has 0 aromatic carbocycles. The van der Waals surface area contributed by atoms with Crippen LogP contribution in [-0.4, -0.2) is 31.1 Å². The van der Waals surface area contributed by atoms with Crippen LogP contribution in [0.3, 0.4) is 0 Å². The van der Waals surface area contributed by atoms with Crippen LogP contribution in [0.2, 0.25) is 0 Å². The Bertz CT molecular complexity index is 1040. The minimum absolute atomic E-state index is 0.0554. The van der Waals surface area contributed by atoms with E-state index in [1.165, 1.54) is 9.08 Å². The fraction of sp³-hybridized carbons (Fsp3) is 0.529. The quantitative estimate of drug-likeness (QED) is 0.776. The molecule has 0 atom stereocenters. The molecule has 1 fully saturated rings. The highest BCUT2D eigenvalue weighted by Crippen LogP contribution is 2.31. The van der Waals surface area contributed by atoms with Crippen LogP contribution in [0.5, 0.6) is 0 Å². The van der Waals surface area contributed by atoms with Gasteiger partial charge < -0.3 is 5.32 Å². The molecule has 0 aliphatic heterocycles. The monoisotopic (exact) mass is 359 g/mol. The van der Waals surface area contributed by atoms with Crippen molar-refractivity contribution in [3.63, 3.8) is 0 Å². The van der Waals surface area contributed by atoms with E-state index in [1.54, 1.807) is 18.3 Å². The number of amides is 1. The van der Waals surface area contributed by atoms with E-state index in [1.807, 2.05) is 13.8 Å². The van der Waals surface area contributed by atoms with Gasteiger partial charge in [0.05, 0.1) is 5.39 Å². The lowest BCUT2D eigenvalue weighted by Gasteiger charge is -2.10. The number of carbonyl (C=O) groups excluding carboxylic acids is 1. The summed E-state index contributed by atoms with van der Waals surface area (Å²) >= 11 is 1.60. The first-order valence-corrected chi connectivity index (χ1v) is 9.42. The molecule has 1 saturated carbocycles. The number of hydrogen-bond donors (Lipinski definition) is 1. The highest BCUT2D eigenvalue weighted by Gasteiger charge is 2.21. The van der Waals surface area contributed by atoms with Crippen molar-refractivity contribution in [3.8, 4) is 0 Å². The molecule has 0 bridgehead atoms. The normalized spacial score (nSPS) is 15.5. The molecular formula is C17H21N5O2S. The number of fused-ring (bicyclic) bond motifs is 3. The summed E-state index contributed by atoms with van der Waals surface area (Å²) in [7, 11) is 0. The van der Waals surface area contributed by atoms with E-state index in [0.29, 0.717) is 11.5 Å². The van der Waals surface area contributed by atoms with Crippen LogP contribution in [0.25, 0.3) is 15.9 Å². The summed E-state index contributed by atoms with van der Waals surface area (Å²) in [5, 5.41) is 8.37. The maximum atomic E-state index is 12.7. The van der Waals surface area contributed by atoms with Gasteiger partial charge in [0.1, 0.15) is 17.2 Å². The largest absolute Gasteiger partial charge is 0.352 e. The topological polar surface area (TPSA) is 81.3 Å². The van der Waals surface area contributed by atoms with Gasteiger partial charge in [-0.1, -0.05) is 12.8 Å². The number of thiophene rings is 1. The second kappa shape index (κ2) is 5.94. The molecule has 4 rings (SSSR count). The first-order valence-electron chi connectivity index (χ1n) is 8.61. The number of nitrogens with one attached hydrogen (secondary N) is 1. The first-order chi connectivity index (χ1) is 12.0. The fourth-order valence-electron chi connectivity index (χ4n) is 3.59. The molecule has 0 radical (unpaired) electrons. The average Bonchev–Trinajstić information content (AvgIpc) is 3.22. The smallest absolute Gasteiger partial charge is 0.352 e. The molecule has 8 heteroatoms. The molecule has 0 saturated heterocycles. The minimum atomic E-state index is -0.313. The van der Waals surface area contributed by atoms with Crippen molar-refractivity contribution in [2.45, 2.75) is 59.0 Å². The van der Waals surface area contributed by atoms with Crippen LogP contribution in [0.4, 0.5) is 0 Å². The Morgan fingerprint density at radius 3 is 2.72 bits per heavy atom. The number of rotatable bonds is 3. The Balaban J connectivity index is 1.76. The third-order valence-electron chi connectivity index (χ3n) is 5.03. The Labute approximate surface area is 148 Å². The van der Waals surface area contributed by atoms with Gasteiger partial charge in [-0.15, -0.1) is 16.4 Å². The zero-order valence-corrected chi connectivity index (χ0v) is 15.4. The maximum Gasteiger partial charge on any atom is 0.352 e. The zero-order chi connectivity index (χ0) is 17.7. The van der Waals surface area contributed by atoms with E-state index in [4.69, 9.17) is 0 Å². The summed E-state index contributed by atoms with van der Waals surface area (Å²) in [6, 6.07) is 0.233. The van der Waals surface area contributed by atoms with Gasteiger partial charge in [0.15, 0.2) is 5.65 Å². The first kappa shape index (κ1) is 16.3. The molecule has 1 aliphatic rings. The molecule has 3 heterocycles. The molecule has 1 aliphatic carbocycles. The number of carbonyl (C=O) groups is 1. The number of aryl methyl sites for hydroxylation is 3. The lowest BCUT2D eigenvalue weighted by Crippen LogP contribution is -2.37. The number of hydrogen-bond acceptors (Lipinski definition) is 5. The third-order valence-corrected chi connectivity index (χ3v) is 6.13. The van der Waals surface area contributed by atoms with Crippen LogP contribution in [0.15, 0.2) is 4.79 Å². The van der Waals surface area contributed by atoms with Crippen molar-refractivity contribution in [1.82, 2.24) is 24.5 Å². The molecular weight excluding hydrogens is 338 g/mol. The van der Waals surface area contributed by atoms with E-state index >= 15 is 0 Å². The lowest BCUT2D eigenvalue weighted by molar-refractivity contribution is -0.122. The Hall–Kier alpha value is -2.22. The maximum absolute atomic E-state index is 12.7. The lowest BCUT2D eigenvalue weighted by atomic mass is 10.2. The average molecular weight is 359 g/mol. The standard InChI is InChI=1S/C17H21N5O2S/c1-9-10(2)25-16-14(9)15-20-21(17(24)22(15)11(3)18-16)8-13(23)19-12-6-4-5-7-12/h12H,4-8H2,1-3H3,(H,19,23). The Morgan fingerprint density at radius 1 is 1.28 bits per heavy atom. The summed E-state index contributed by atoms with van der Waals surface area (Å²) in [4.78, 5) is 31.6. The molecule has 1 amide bonds. The summed E-state index contributed by atoms with van der Waals surface area (Å²) < 4.78 is 2.75. The van der Waals surface area contributed by atoms with Crippen molar-refractivity contribution >= 4 is 33.1 Å². The Kier molecular flexibility index (Phi) is 3.87. The van der Waals surface area contributed by atoms with Crippen molar-refractivity contribution in [2.24, 2.45) is 0 Å². The van der Waals surface area contributed by atoms with E-state index in [2.05, 4.69) is 15.4 Å². The van der Waals surface area contributed by atoms with Gasteiger partial charge in [-0.05, 0) is 39.2 Å². The van der Waals surface area contributed by atoms with E-state index in [-0.39, 0.29) is 24.2 Å². The highest BCUT2D eigenvalue weighted by molar-refractivity contribution is 7.18. The SMILES string of the molecule is Cc1sc2nc(C)n3c(=O)n(CC(=O)NC4CCCC4)nc3c2c1C. The van der Waals surface area contributed by atoms with Gasteiger partial charge in [0.25, 0.3) is 0 Å². The number of aromatic nitrogens is 4. The molecule has 132 valence electrons. The van der Waals surface area contributed by atoms with Gasteiger partial charge >= 0.3 is 5.69 Å². The van der Waals surface area contributed by atoms with Gasteiger partial charge in [-0.3, -0.25) is 4.79 Å². The van der Waals surface area contributed by atoms with Crippen LogP contribution < -0.4 is 11.0 Å². The van der Waals surface area contributed by atoms with Crippen LogP contribution in [0, 0.1) is 20.8 Å². The third kappa shape index (κ3) is 2.64. The van der Waals surface area contributed by atoms with Gasteiger partial charge in [-0.25, -0.2) is 18.9 Å². The van der Waals surface area contributed by atoms with Crippen LogP contribution >= 0.6 is 11.3 Å². The number of nitrogens with zero attached hydrogens (tertiary/aromatic N) is 4. The van der Waals surface area contributed by atoms with Crippen molar-refractivity contribution in [1.29, 1.82) is 0 Å². The zero-order valence-electron chi connectivity index (χ0n) is 14.6. The van der Waals surface area contributed by atoms with Crippen molar-refractivity contribution in [2.75, 3.05) is 0 Å². The van der Waals surface area contributed by atoms with E-state index in [9.17, 15) is 9.59 Å². The van der Waals surface area contributed by atoms with Crippen LogP contribution in [0.1, 0.15) is 41.9 Å². The van der Waals surface area contributed by atoms with Gasteiger partial charge in [-0.2, -0.15) is 0 Å². The molecule has 3 aromatic heterocycles. The summed E-state index contributed by atoms with van der Waals surface area (Å²) in [6.45, 7) is 5.79. The highest BCUT2D eigenvalue weighted by atomic mass is 32.1. The second-order valence-electron chi connectivity index (χ2n) is 6.77. The summed E-state index contributed by atoms with van der Waals surface area (Å²) in [6.07, 6.45) is 4.34. The summed E-state index contributed by atoms with van der Waals surface area (Å²) in [5.41, 5.74) is 1.36. The Morgan fingerprint density at radius 2 is 2.00 bits per heavy atom.